The van der Waals surface area contributed by atoms with Crippen molar-refractivity contribution in [3.8, 4) is 11.5 Å². The molecule has 1 aromatic heterocycles. The van der Waals surface area contributed by atoms with E-state index in [0.717, 1.165) is 44.6 Å². The Balaban J connectivity index is 1.87. The van der Waals surface area contributed by atoms with E-state index < -0.39 is 6.03 Å². The van der Waals surface area contributed by atoms with Crippen LogP contribution in [-0.4, -0.2) is 67.2 Å². The zero-order chi connectivity index (χ0) is 32.1. The molecule has 3 amide bonds. The van der Waals surface area contributed by atoms with Gasteiger partial charge in [-0.1, -0.05) is 55.8 Å². The Morgan fingerprint density at radius 1 is 0.955 bits per heavy atom. The molecular weight excluding hydrogens is 605 g/mol. The van der Waals surface area contributed by atoms with Gasteiger partial charge in [0.2, 0.25) is 5.91 Å². The SMILES string of the molecule is C=CC(=O)Nc1ccc(CN(C(=O)Nc2c(Cl)c(OC)cc(OC)c2Cl)c2cc(NCCCCN(CC)CC)ncn2)cc1. The number of halogens is 2. The Hall–Kier alpha value is -4.06. The van der Waals surface area contributed by atoms with E-state index in [0.29, 0.717) is 17.3 Å². The number of rotatable bonds is 16. The molecule has 0 radical (unpaired) electrons. The van der Waals surface area contributed by atoms with Gasteiger partial charge in [0.25, 0.3) is 0 Å². The normalized spacial score (nSPS) is 10.7. The molecule has 13 heteroatoms. The molecule has 0 unspecified atom stereocenters. The molecule has 0 atom stereocenters. The molecule has 0 fully saturated rings. The molecule has 3 aromatic rings. The maximum absolute atomic E-state index is 13.9. The topological polar surface area (TPSA) is 121 Å². The summed E-state index contributed by atoms with van der Waals surface area (Å²) in [6.45, 7) is 11.7. The number of nitrogens with zero attached hydrogens (tertiary/aromatic N) is 4. The summed E-state index contributed by atoms with van der Waals surface area (Å²) in [5.74, 6) is 1.16. The summed E-state index contributed by atoms with van der Waals surface area (Å²) < 4.78 is 10.7. The fraction of sp³-hybridized carbons (Fsp3) is 0.355. The second kappa shape index (κ2) is 17.3. The number of aromatic nitrogens is 2. The van der Waals surface area contributed by atoms with Gasteiger partial charge in [-0.2, -0.15) is 0 Å². The summed E-state index contributed by atoms with van der Waals surface area (Å²) in [4.78, 5) is 38.1. The van der Waals surface area contributed by atoms with Crippen LogP contribution in [0.1, 0.15) is 32.3 Å². The minimum Gasteiger partial charge on any atom is -0.495 e. The van der Waals surface area contributed by atoms with Crippen LogP contribution in [0.3, 0.4) is 0 Å². The fourth-order valence-corrected chi connectivity index (χ4v) is 4.90. The minimum absolute atomic E-state index is 0.115. The highest BCUT2D eigenvalue weighted by Crippen LogP contribution is 2.44. The molecule has 0 aliphatic rings. The predicted octanol–water partition coefficient (Wildman–Crippen LogP) is 6.70. The molecule has 1 heterocycles. The highest BCUT2D eigenvalue weighted by molar-refractivity contribution is 6.41. The van der Waals surface area contributed by atoms with E-state index in [1.54, 1.807) is 30.3 Å². The smallest absolute Gasteiger partial charge is 0.327 e. The number of hydrogen-bond donors (Lipinski definition) is 3. The van der Waals surface area contributed by atoms with Gasteiger partial charge in [-0.15, -0.1) is 0 Å². The van der Waals surface area contributed by atoms with Gasteiger partial charge < -0.3 is 30.3 Å². The number of ether oxygens (including phenoxy) is 2. The quantitative estimate of drug-likeness (QED) is 0.116. The number of carbonyl (C=O) groups excluding carboxylic acids is 2. The maximum Gasteiger partial charge on any atom is 0.327 e. The number of unbranched alkanes of at least 4 members (excludes halogenated alkanes) is 1. The van der Waals surface area contributed by atoms with Crippen molar-refractivity contribution in [3.63, 3.8) is 0 Å². The molecule has 0 saturated carbocycles. The lowest BCUT2D eigenvalue weighted by molar-refractivity contribution is -0.111. The molecule has 2 aromatic carbocycles. The standard InChI is InChI=1S/C31H39Cl2N7O4/c1-6-27(41)37-22-13-11-21(12-14-22)19-40(31(42)38-30-28(32)23(43-4)17-24(44-5)29(30)33)26-18-25(35-20-36-26)34-15-9-10-16-39(7-2)8-3/h6,11-14,17-18,20H,1,7-10,15-16,19H2,2-5H3,(H,37,41)(H,38,42)(H,34,35,36). The van der Waals surface area contributed by atoms with Gasteiger partial charge in [-0.25, -0.2) is 14.8 Å². The first-order valence-electron chi connectivity index (χ1n) is 14.2. The molecule has 44 heavy (non-hydrogen) atoms. The van der Waals surface area contributed by atoms with E-state index in [-0.39, 0.29) is 39.7 Å². The van der Waals surface area contributed by atoms with Gasteiger partial charge in [-0.05, 0) is 56.2 Å². The summed E-state index contributed by atoms with van der Waals surface area (Å²) >= 11 is 13.1. The number of amides is 3. The highest BCUT2D eigenvalue weighted by atomic mass is 35.5. The minimum atomic E-state index is -0.558. The number of urea groups is 1. The Labute approximate surface area is 268 Å². The average molecular weight is 645 g/mol. The van der Waals surface area contributed by atoms with E-state index in [1.165, 1.54) is 37.6 Å². The summed E-state index contributed by atoms with van der Waals surface area (Å²) in [5.41, 5.74) is 1.48. The Morgan fingerprint density at radius 2 is 1.61 bits per heavy atom. The molecule has 0 spiro atoms. The lowest BCUT2D eigenvalue weighted by atomic mass is 10.2. The van der Waals surface area contributed by atoms with E-state index in [1.807, 2.05) is 0 Å². The molecule has 3 N–H and O–H groups in total. The van der Waals surface area contributed by atoms with Crippen molar-refractivity contribution in [2.45, 2.75) is 33.2 Å². The van der Waals surface area contributed by atoms with Crippen molar-refractivity contribution < 1.29 is 19.1 Å². The van der Waals surface area contributed by atoms with Gasteiger partial charge in [0, 0.05) is 24.4 Å². The van der Waals surface area contributed by atoms with Gasteiger partial charge in [0.05, 0.1) is 26.5 Å². The number of carbonyl (C=O) groups is 2. The van der Waals surface area contributed by atoms with Gasteiger partial charge in [0.15, 0.2) is 0 Å². The highest BCUT2D eigenvalue weighted by Gasteiger charge is 2.24. The van der Waals surface area contributed by atoms with E-state index in [4.69, 9.17) is 32.7 Å². The first kappa shape index (κ1) is 34.4. The summed E-state index contributed by atoms with van der Waals surface area (Å²) in [6.07, 6.45) is 4.60. The molecular formula is C31H39Cl2N7O4. The lowest BCUT2D eigenvalue weighted by Gasteiger charge is -2.24. The molecule has 3 rings (SSSR count). The van der Waals surface area contributed by atoms with Crippen molar-refractivity contribution in [2.24, 2.45) is 0 Å². The zero-order valence-corrected chi connectivity index (χ0v) is 27.0. The Kier molecular flexibility index (Phi) is 13.5. The van der Waals surface area contributed by atoms with Crippen molar-refractivity contribution in [1.82, 2.24) is 14.9 Å². The molecule has 0 bridgehead atoms. The first-order valence-corrected chi connectivity index (χ1v) is 15.0. The van der Waals surface area contributed by atoms with E-state index in [2.05, 4.69) is 51.2 Å². The van der Waals surface area contributed by atoms with Crippen molar-refractivity contribution in [1.29, 1.82) is 0 Å². The van der Waals surface area contributed by atoms with Crippen LogP contribution in [0.2, 0.25) is 10.0 Å². The van der Waals surface area contributed by atoms with E-state index >= 15 is 0 Å². The van der Waals surface area contributed by atoms with Crippen molar-refractivity contribution >= 4 is 58.2 Å². The van der Waals surface area contributed by atoms with Crippen LogP contribution in [0.4, 0.5) is 27.8 Å². The first-order chi connectivity index (χ1) is 21.2. The van der Waals surface area contributed by atoms with Crippen LogP contribution in [0.25, 0.3) is 0 Å². The molecule has 0 saturated heterocycles. The van der Waals surface area contributed by atoms with Gasteiger partial charge in [0.1, 0.15) is 39.5 Å². The van der Waals surface area contributed by atoms with Crippen molar-refractivity contribution in [2.75, 3.05) is 61.2 Å². The van der Waals surface area contributed by atoms with E-state index in [9.17, 15) is 9.59 Å². The Morgan fingerprint density at radius 3 is 2.20 bits per heavy atom. The molecule has 236 valence electrons. The third-order valence-corrected chi connectivity index (χ3v) is 7.58. The zero-order valence-electron chi connectivity index (χ0n) is 25.5. The molecule has 0 aliphatic heterocycles. The predicted molar refractivity (Wildman–Crippen MR) is 178 cm³/mol. The number of anilines is 4. The second-order valence-corrected chi connectivity index (χ2v) is 10.4. The van der Waals surface area contributed by atoms with Crippen LogP contribution in [0.15, 0.2) is 55.4 Å². The monoisotopic (exact) mass is 643 g/mol. The number of benzene rings is 2. The number of nitrogens with one attached hydrogen (secondary N) is 3. The third-order valence-electron chi connectivity index (χ3n) is 6.83. The van der Waals surface area contributed by atoms with Crippen LogP contribution in [0.5, 0.6) is 11.5 Å². The third kappa shape index (κ3) is 9.47. The van der Waals surface area contributed by atoms with Gasteiger partial charge >= 0.3 is 6.03 Å². The van der Waals surface area contributed by atoms with Crippen LogP contribution >= 0.6 is 23.2 Å². The Bertz CT molecular complexity index is 1390. The average Bonchev–Trinajstić information content (AvgIpc) is 3.04. The number of hydrogen-bond acceptors (Lipinski definition) is 8. The lowest BCUT2D eigenvalue weighted by Crippen LogP contribution is -2.35. The van der Waals surface area contributed by atoms with Crippen molar-refractivity contribution in [3.05, 3.63) is 71.0 Å². The summed E-state index contributed by atoms with van der Waals surface area (Å²) in [5, 5.41) is 9.07. The summed E-state index contributed by atoms with van der Waals surface area (Å²) in [6, 6.07) is 9.75. The largest absolute Gasteiger partial charge is 0.495 e. The van der Waals surface area contributed by atoms with Crippen LogP contribution in [0, 0.1) is 0 Å². The number of methoxy groups -OCH3 is 2. The van der Waals surface area contributed by atoms with Crippen LogP contribution < -0.4 is 30.3 Å². The summed E-state index contributed by atoms with van der Waals surface area (Å²) in [7, 11) is 2.90. The second-order valence-electron chi connectivity index (χ2n) is 9.61. The van der Waals surface area contributed by atoms with Crippen LogP contribution in [-0.2, 0) is 11.3 Å². The molecule has 11 nitrogen and oxygen atoms in total. The van der Waals surface area contributed by atoms with Gasteiger partial charge in [-0.3, -0.25) is 9.69 Å². The maximum atomic E-state index is 13.9. The fourth-order valence-electron chi connectivity index (χ4n) is 4.30. The molecule has 0 aliphatic carbocycles.